The van der Waals surface area contributed by atoms with Gasteiger partial charge in [0.25, 0.3) is 0 Å². The van der Waals surface area contributed by atoms with E-state index in [0.29, 0.717) is 0 Å². The van der Waals surface area contributed by atoms with Gasteiger partial charge < -0.3 is 11.5 Å². The monoisotopic (exact) mass is 150 g/mol. The van der Waals surface area contributed by atoms with Crippen LogP contribution in [0.4, 0.5) is 8.78 Å². The van der Waals surface area contributed by atoms with E-state index in [1.807, 2.05) is 0 Å². The summed E-state index contributed by atoms with van der Waals surface area (Å²) in [4.78, 5) is 0. The van der Waals surface area contributed by atoms with Crippen molar-refractivity contribution in [3.63, 3.8) is 0 Å². The minimum Gasteiger partial charge on any atom is -0.326 e. The third-order valence-electron chi connectivity index (χ3n) is 1.94. The molecule has 1 rings (SSSR count). The number of nitrogens with two attached hydrogens (primary N) is 2. The van der Waals surface area contributed by atoms with E-state index in [1.165, 1.54) is 0 Å². The van der Waals surface area contributed by atoms with Gasteiger partial charge in [-0.25, -0.2) is 8.78 Å². The molecule has 4 N–H and O–H groups in total. The largest absolute Gasteiger partial charge is 0.326 e. The molecule has 0 heterocycles. The molecule has 4 atom stereocenters. The van der Waals surface area contributed by atoms with E-state index in [4.69, 9.17) is 11.5 Å². The van der Waals surface area contributed by atoms with Gasteiger partial charge in [0, 0.05) is 12.1 Å². The van der Waals surface area contributed by atoms with Crippen LogP contribution in [0.3, 0.4) is 0 Å². The standard InChI is InChI=1S/C6H12F2N2/c7-3-1-5(9)6(10)2-4(3)8/h3-6H,1-2,9-10H2. The maximum Gasteiger partial charge on any atom is 0.133 e. The summed E-state index contributed by atoms with van der Waals surface area (Å²) in [5.41, 5.74) is 10.8. The summed E-state index contributed by atoms with van der Waals surface area (Å²) in [5, 5.41) is 0. The lowest BCUT2D eigenvalue weighted by molar-refractivity contribution is 0.0983. The van der Waals surface area contributed by atoms with E-state index in [0.717, 1.165) is 0 Å². The number of halogens is 2. The maximum atomic E-state index is 12.5. The van der Waals surface area contributed by atoms with E-state index >= 15 is 0 Å². The zero-order chi connectivity index (χ0) is 7.72. The molecular weight excluding hydrogens is 138 g/mol. The van der Waals surface area contributed by atoms with E-state index in [2.05, 4.69) is 0 Å². The van der Waals surface area contributed by atoms with Crippen molar-refractivity contribution in [2.24, 2.45) is 11.5 Å². The number of rotatable bonds is 0. The Labute approximate surface area is 58.6 Å². The van der Waals surface area contributed by atoms with Crippen LogP contribution in [0.25, 0.3) is 0 Å². The zero-order valence-corrected chi connectivity index (χ0v) is 5.63. The van der Waals surface area contributed by atoms with Crippen molar-refractivity contribution in [1.82, 2.24) is 0 Å². The highest BCUT2D eigenvalue weighted by atomic mass is 19.2. The molecule has 1 aliphatic rings. The molecule has 1 saturated carbocycles. The fourth-order valence-corrected chi connectivity index (χ4v) is 1.16. The van der Waals surface area contributed by atoms with Gasteiger partial charge in [0.15, 0.2) is 0 Å². The Balaban J connectivity index is 2.46. The number of alkyl halides is 2. The quantitative estimate of drug-likeness (QED) is 0.515. The Kier molecular flexibility index (Phi) is 2.21. The second-order valence-electron chi connectivity index (χ2n) is 2.83. The van der Waals surface area contributed by atoms with Crippen LogP contribution in [0.15, 0.2) is 0 Å². The zero-order valence-electron chi connectivity index (χ0n) is 5.63. The molecule has 10 heavy (non-hydrogen) atoms. The molecule has 4 unspecified atom stereocenters. The van der Waals surface area contributed by atoms with Crippen molar-refractivity contribution >= 4 is 0 Å². The molecule has 0 spiro atoms. The topological polar surface area (TPSA) is 52.0 Å². The minimum absolute atomic E-state index is 0.0579. The minimum atomic E-state index is -1.41. The highest BCUT2D eigenvalue weighted by Gasteiger charge is 2.33. The first-order valence-corrected chi connectivity index (χ1v) is 3.40. The second kappa shape index (κ2) is 2.80. The van der Waals surface area contributed by atoms with Crippen LogP contribution in [0.5, 0.6) is 0 Å². The summed E-state index contributed by atoms with van der Waals surface area (Å²) in [6.45, 7) is 0. The molecule has 0 bridgehead atoms. The third kappa shape index (κ3) is 1.44. The summed E-state index contributed by atoms with van der Waals surface area (Å²) in [5.74, 6) is 0. The summed E-state index contributed by atoms with van der Waals surface area (Å²) in [6.07, 6.45) is -2.70. The van der Waals surface area contributed by atoms with Crippen molar-refractivity contribution in [3.05, 3.63) is 0 Å². The first kappa shape index (κ1) is 7.88. The van der Waals surface area contributed by atoms with Gasteiger partial charge >= 0.3 is 0 Å². The molecule has 1 aliphatic carbocycles. The van der Waals surface area contributed by atoms with Gasteiger partial charge in [-0.1, -0.05) is 0 Å². The van der Waals surface area contributed by atoms with Crippen LogP contribution in [-0.4, -0.2) is 24.4 Å². The second-order valence-corrected chi connectivity index (χ2v) is 2.83. The first-order valence-electron chi connectivity index (χ1n) is 3.40. The Morgan fingerprint density at radius 3 is 1.50 bits per heavy atom. The average Bonchev–Trinajstić information content (AvgIpc) is 1.84. The van der Waals surface area contributed by atoms with Gasteiger partial charge in [-0.15, -0.1) is 0 Å². The van der Waals surface area contributed by atoms with Crippen LogP contribution >= 0.6 is 0 Å². The first-order chi connectivity index (χ1) is 4.61. The highest BCUT2D eigenvalue weighted by Crippen LogP contribution is 2.22. The predicted octanol–water partition coefficient (Wildman–Crippen LogP) is 0.111. The molecule has 0 aromatic carbocycles. The van der Waals surface area contributed by atoms with Crippen LogP contribution in [0.1, 0.15) is 12.8 Å². The molecule has 0 aromatic heterocycles. The van der Waals surface area contributed by atoms with Crippen molar-refractivity contribution in [2.75, 3.05) is 0 Å². The molecule has 0 radical (unpaired) electrons. The maximum absolute atomic E-state index is 12.5. The molecule has 0 aromatic rings. The van der Waals surface area contributed by atoms with Crippen molar-refractivity contribution < 1.29 is 8.78 Å². The van der Waals surface area contributed by atoms with Crippen LogP contribution in [0.2, 0.25) is 0 Å². The molecule has 0 amide bonds. The lowest BCUT2D eigenvalue weighted by Gasteiger charge is -2.30. The third-order valence-corrected chi connectivity index (χ3v) is 1.94. The van der Waals surface area contributed by atoms with Crippen LogP contribution in [0, 0.1) is 0 Å². The smallest absolute Gasteiger partial charge is 0.133 e. The molecule has 2 nitrogen and oxygen atoms in total. The lowest BCUT2D eigenvalue weighted by Crippen LogP contribution is -2.50. The van der Waals surface area contributed by atoms with Gasteiger partial charge in [0.2, 0.25) is 0 Å². The van der Waals surface area contributed by atoms with E-state index in [-0.39, 0.29) is 24.9 Å². The highest BCUT2D eigenvalue weighted by molar-refractivity contribution is 4.90. The Bertz CT molecular complexity index is 94.3. The molecule has 1 fully saturated rings. The molecule has 60 valence electrons. The van der Waals surface area contributed by atoms with Gasteiger partial charge in [-0.3, -0.25) is 0 Å². The Hall–Kier alpha value is -0.220. The fraction of sp³-hybridized carbons (Fsp3) is 1.00. The van der Waals surface area contributed by atoms with E-state index < -0.39 is 12.3 Å². The van der Waals surface area contributed by atoms with Gasteiger partial charge in [0.1, 0.15) is 12.3 Å². The molecule has 0 aliphatic heterocycles. The van der Waals surface area contributed by atoms with Crippen LogP contribution < -0.4 is 11.5 Å². The van der Waals surface area contributed by atoms with Crippen molar-refractivity contribution in [2.45, 2.75) is 37.3 Å². The normalized spacial score (nSPS) is 49.2. The fourth-order valence-electron chi connectivity index (χ4n) is 1.16. The Morgan fingerprint density at radius 1 is 0.900 bits per heavy atom. The van der Waals surface area contributed by atoms with Gasteiger partial charge in [0.05, 0.1) is 0 Å². The van der Waals surface area contributed by atoms with Crippen molar-refractivity contribution in [1.29, 1.82) is 0 Å². The summed E-state index contributed by atoms with van der Waals surface area (Å²) in [7, 11) is 0. The van der Waals surface area contributed by atoms with E-state index in [9.17, 15) is 8.78 Å². The number of hydrogen-bond donors (Lipinski definition) is 2. The van der Waals surface area contributed by atoms with Crippen LogP contribution in [-0.2, 0) is 0 Å². The predicted molar refractivity (Wildman–Crippen MR) is 35.0 cm³/mol. The summed E-state index contributed by atoms with van der Waals surface area (Å²) < 4.78 is 25.0. The van der Waals surface area contributed by atoms with Gasteiger partial charge in [-0.2, -0.15) is 0 Å². The molecule has 0 saturated heterocycles. The van der Waals surface area contributed by atoms with Gasteiger partial charge in [-0.05, 0) is 12.8 Å². The summed E-state index contributed by atoms with van der Waals surface area (Å²) in [6, 6.07) is -0.746. The average molecular weight is 150 g/mol. The molecular formula is C6H12F2N2. The van der Waals surface area contributed by atoms with Crippen molar-refractivity contribution in [3.8, 4) is 0 Å². The summed E-state index contributed by atoms with van der Waals surface area (Å²) >= 11 is 0. The lowest BCUT2D eigenvalue weighted by atomic mass is 9.89. The van der Waals surface area contributed by atoms with E-state index in [1.54, 1.807) is 0 Å². The SMILES string of the molecule is NC1CC(F)C(F)CC1N. The number of hydrogen-bond acceptors (Lipinski definition) is 2. The Morgan fingerprint density at radius 2 is 1.20 bits per heavy atom. The molecule has 4 heteroatoms.